The van der Waals surface area contributed by atoms with Crippen LogP contribution in [0.1, 0.15) is 22.0 Å². The van der Waals surface area contributed by atoms with Crippen molar-refractivity contribution in [1.82, 2.24) is 0 Å². The van der Waals surface area contributed by atoms with Gasteiger partial charge in [-0.25, -0.2) is 0 Å². The van der Waals surface area contributed by atoms with Crippen LogP contribution >= 0.6 is 0 Å². The molecule has 0 radical (unpaired) electrons. The topological polar surface area (TPSA) is 66.8 Å². The standard InChI is InChI=1S/C15H12O4/c16-10-6-7-12-11(8-10)13(17)14(18)15(19-12)9-4-2-1-3-5-9/h1-8,14-16,18H. The van der Waals surface area contributed by atoms with Gasteiger partial charge in [-0.05, 0) is 23.8 Å². The number of ketones is 1. The number of hydrogen-bond donors (Lipinski definition) is 2. The van der Waals surface area contributed by atoms with E-state index < -0.39 is 18.0 Å². The molecule has 0 saturated carbocycles. The second-order valence-electron chi connectivity index (χ2n) is 4.44. The van der Waals surface area contributed by atoms with Crippen molar-refractivity contribution < 1.29 is 19.7 Å². The van der Waals surface area contributed by atoms with Gasteiger partial charge >= 0.3 is 0 Å². The summed E-state index contributed by atoms with van der Waals surface area (Å²) in [7, 11) is 0. The third-order valence-corrected chi connectivity index (χ3v) is 3.17. The Morgan fingerprint density at radius 2 is 1.79 bits per heavy atom. The molecule has 0 spiro atoms. The third-order valence-electron chi connectivity index (χ3n) is 3.17. The van der Waals surface area contributed by atoms with Crippen LogP contribution in [0.4, 0.5) is 0 Å². The lowest BCUT2D eigenvalue weighted by Gasteiger charge is -2.29. The fourth-order valence-corrected chi connectivity index (χ4v) is 2.20. The summed E-state index contributed by atoms with van der Waals surface area (Å²) >= 11 is 0. The van der Waals surface area contributed by atoms with E-state index >= 15 is 0 Å². The molecule has 19 heavy (non-hydrogen) atoms. The van der Waals surface area contributed by atoms with Gasteiger partial charge in [0.25, 0.3) is 0 Å². The number of aliphatic hydroxyl groups is 1. The van der Waals surface area contributed by atoms with Gasteiger partial charge in [0.15, 0.2) is 18.0 Å². The first-order valence-corrected chi connectivity index (χ1v) is 5.94. The molecule has 96 valence electrons. The molecule has 2 N–H and O–H groups in total. The molecule has 2 aromatic rings. The van der Waals surface area contributed by atoms with E-state index in [0.29, 0.717) is 5.75 Å². The summed E-state index contributed by atoms with van der Waals surface area (Å²) in [5.41, 5.74) is 0.946. The zero-order valence-corrected chi connectivity index (χ0v) is 9.98. The minimum Gasteiger partial charge on any atom is -0.508 e. The van der Waals surface area contributed by atoms with Gasteiger partial charge in [-0.3, -0.25) is 4.79 Å². The highest BCUT2D eigenvalue weighted by atomic mass is 16.5. The van der Waals surface area contributed by atoms with Crippen LogP contribution in [0, 0.1) is 0 Å². The molecule has 2 atom stereocenters. The zero-order chi connectivity index (χ0) is 13.4. The van der Waals surface area contributed by atoms with E-state index in [4.69, 9.17) is 4.74 Å². The van der Waals surface area contributed by atoms with Crippen LogP contribution in [0.25, 0.3) is 0 Å². The van der Waals surface area contributed by atoms with Gasteiger partial charge in [-0.2, -0.15) is 0 Å². The van der Waals surface area contributed by atoms with Gasteiger partial charge in [-0.1, -0.05) is 30.3 Å². The average Bonchev–Trinajstić information content (AvgIpc) is 2.44. The molecule has 0 saturated heterocycles. The van der Waals surface area contributed by atoms with Crippen molar-refractivity contribution in [2.45, 2.75) is 12.2 Å². The Labute approximate surface area is 109 Å². The molecule has 1 aliphatic heterocycles. The molecule has 0 bridgehead atoms. The van der Waals surface area contributed by atoms with E-state index in [-0.39, 0.29) is 11.3 Å². The summed E-state index contributed by atoms with van der Waals surface area (Å²) in [6.07, 6.45) is -1.98. The van der Waals surface area contributed by atoms with Crippen molar-refractivity contribution in [2.75, 3.05) is 0 Å². The molecule has 2 aromatic carbocycles. The SMILES string of the molecule is O=C1c2cc(O)ccc2OC(c2ccccc2)C1O. The van der Waals surface area contributed by atoms with Crippen molar-refractivity contribution in [1.29, 1.82) is 0 Å². The second kappa shape index (κ2) is 4.40. The van der Waals surface area contributed by atoms with E-state index in [1.165, 1.54) is 18.2 Å². The number of fused-ring (bicyclic) bond motifs is 1. The molecule has 0 aliphatic carbocycles. The van der Waals surface area contributed by atoms with Crippen LogP contribution in [0.15, 0.2) is 48.5 Å². The molecule has 3 rings (SSSR count). The minimum atomic E-state index is -1.27. The number of aliphatic hydroxyl groups excluding tert-OH is 1. The molecule has 0 fully saturated rings. The van der Waals surface area contributed by atoms with Gasteiger partial charge in [0.1, 0.15) is 11.5 Å². The van der Waals surface area contributed by atoms with Crippen molar-refractivity contribution in [3.05, 3.63) is 59.7 Å². The van der Waals surface area contributed by atoms with E-state index in [9.17, 15) is 15.0 Å². The van der Waals surface area contributed by atoms with E-state index in [0.717, 1.165) is 5.56 Å². The van der Waals surface area contributed by atoms with Gasteiger partial charge < -0.3 is 14.9 Å². The smallest absolute Gasteiger partial charge is 0.199 e. The molecule has 4 heteroatoms. The molecule has 4 nitrogen and oxygen atoms in total. The first-order chi connectivity index (χ1) is 9.16. The Morgan fingerprint density at radius 3 is 2.53 bits per heavy atom. The Morgan fingerprint density at radius 1 is 1.05 bits per heavy atom. The number of benzene rings is 2. The predicted molar refractivity (Wildman–Crippen MR) is 68.3 cm³/mol. The fourth-order valence-electron chi connectivity index (χ4n) is 2.20. The Kier molecular flexibility index (Phi) is 2.72. The van der Waals surface area contributed by atoms with Crippen LogP contribution < -0.4 is 4.74 Å². The molecule has 2 unspecified atom stereocenters. The minimum absolute atomic E-state index is 0.0268. The monoisotopic (exact) mass is 256 g/mol. The van der Waals surface area contributed by atoms with Gasteiger partial charge in [0, 0.05) is 0 Å². The molecule has 0 amide bonds. The molecule has 1 heterocycles. The summed E-state index contributed by atoms with van der Waals surface area (Å²) in [6, 6.07) is 13.4. The van der Waals surface area contributed by atoms with Crippen molar-refractivity contribution in [2.24, 2.45) is 0 Å². The number of hydrogen-bond acceptors (Lipinski definition) is 4. The van der Waals surface area contributed by atoms with Crippen molar-refractivity contribution in [3.63, 3.8) is 0 Å². The number of aromatic hydroxyl groups is 1. The molecular weight excluding hydrogens is 244 g/mol. The predicted octanol–water partition coefficient (Wildman–Crippen LogP) is 2.07. The average molecular weight is 256 g/mol. The summed E-state index contributed by atoms with van der Waals surface area (Å²) in [4.78, 5) is 12.1. The highest BCUT2D eigenvalue weighted by Crippen LogP contribution is 2.36. The lowest BCUT2D eigenvalue weighted by Crippen LogP contribution is -2.36. The van der Waals surface area contributed by atoms with Gasteiger partial charge in [0.2, 0.25) is 0 Å². The van der Waals surface area contributed by atoms with E-state index in [2.05, 4.69) is 0 Å². The lowest BCUT2D eigenvalue weighted by molar-refractivity contribution is 0.0216. The second-order valence-corrected chi connectivity index (χ2v) is 4.44. The number of ether oxygens (including phenoxy) is 1. The quantitative estimate of drug-likeness (QED) is 0.819. The molecule has 0 aromatic heterocycles. The van der Waals surface area contributed by atoms with Crippen LogP contribution in [0.2, 0.25) is 0 Å². The maximum absolute atomic E-state index is 12.1. The number of Topliss-reactive ketones (excluding diaryl/α,β-unsaturated/α-hetero) is 1. The van der Waals surface area contributed by atoms with Crippen LogP contribution in [-0.4, -0.2) is 22.1 Å². The summed E-state index contributed by atoms with van der Waals surface area (Å²) in [6.45, 7) is 0. The number of phenolic OH excluding ortho intramolecular Hbond substituents is 1. The number of carbonyl (C=O) groups is 1. The van der Waals surface area contributed by atoms with Crippen molar-refractivity contribution in [3.8, 4) is 11.5 Å². The maximum atomic E-state index is 12.1. The third kappa shape index (κ3) is 1.96. The highest BCUT2D eigenvalue weighted by Gasteiger charge is 2.36. The Bertz CT molecular complexity index is 621. The summed E-state index contributed by atoms with van der Waals surface area (Å²) < 4.78 is 5.67. The van der Waals surface area contributed by atoms with Gasteiger partial charge in [-0.15, -0.1) is 0 Å². The van der Waals surface area contributed by atoms with E-state index in [1.807, 2.05) is 18.2 Å². The summed E-state index contributed by atoms with van der Waals surface area (Å²) in [5, 5.41) is 19.5. The van der Waals surface area contributed by atoms with E-state index in [1.54, 1.807) is 12.1 Å². The lowest BCUT2D eigenvalue weighted by atomic mass is 9.93. The first-order valence-electron chi connectivity index (χ1n) is 5.94. The number of phenols is 1. The van der Waals surface area contributed by atoms with Crippen LogP contribution in [-0.2, 0) is 0 Å². The Hall–Kier alpha value is -2.33. The van der Waals surface area contributed by atoms with Crippen LogP contribution in [0.3, 0.4) is 0 Å². The Balaban J connectivity index is 2.04. The normalized spacial score (nSPS) is 21.6. The van der Waals surface area contributed by atoms with Crippen molar-refractivity contribution >= 4 is 5.78 Å². The summed E-state index contributed by atoms with van der Waals surface area (Å²) in [5.74, 6) is -0.0889. The maximum Gasteiger partial charge on any atom is 0.199 e. The largest absolute Gasteiger partial charge is 0.508 e. The first kappa shape index (κ1) is 11.7. The van der Waals surface area contributed by atoms with Crippen LogP contribution in [0.5, 0.6) is 11.5 Å². The molecular formula is C15H12O4. The van der Waals surface area contributed by atoms with Gasteiger partial charge in [0.05, 0.1) is 5.56 Å². The number of rotatable bonds is 1. The zero-order valence-electron chi connectivity index (χ0n) is 9.98. The number of carbonyl (C=O) groups excluding carboxylic acids is 1. The fraction of sp³-hybridized carbons (Fsp3) is 0.133. The molecule has 1 aliphatic rings. The highest BCUT2D eigenvalue weighted by molar-refractivity contribution is 6.03.